The van der Waals surface area contributed by atoms with Crippen molar-refractivity contribution >= 4 is 38.6 Å². The van der Waals surface area contributed by atoms with Gasteiger partial charge in [-0.3, -0.25) is 0 Å². The molecule has 1 unspecified atom stereocenters. The second-order valence-corrected chi connectivity index (χ2v) is 8.21. The highest BCUT2D eigenvalue weighted by atomic mass is 35.5. The lowest BCUT2D eigenvalue weighted by molar-refractivity contribution is 0.402. The number of nitrogen functional groups attached to an aromatic ring is 1. The number of sulfonamides is 1. The van der Waals surface area contributed by atoms with Crippen LogP contribution in [0.4, 0.5) is 5.69 Å². The Bertz CT molecular complexity index is 743. The van der Waals surface area contributed by atoms with Crippen molar-refractivity contribution in [1.29, 1.82) is 0 Å². The minimum atomic E-state index is -3.66. The second-order valence-electron chi connectivity index (χ2n) is 4.83. The fourth-order valence-electron chi connectivity index (χ4n) is 2.01. The largest absolute Gasteiger partial charge is 0.398 e. The lowest BCUT2D eigenvalue weighted by Gasteiger charge is -2.24. The number of hydrogen-bond donors (Lipinski definition) is 1. The summed E-state index contributed by atoms with van der Waals surface area (Å²) >= 11 is 7.48. The Morgan fingerprint density at radius 2 is 2.05 bits per heavy atom. The molecule has 0 bridgehead atoms. The molecule has 0 aliphatic carbocycles. The summed E-state index contributed by atoms with van der Waals surface area (Å²) in [4.78, 5) is 1.13. The minimum Gasteiger partial charge on any atom is -0.398 e. The quantitative estimate of drug-likeness (QED) is 0.860. The number of hydrogen-bond acceptors (Lipinski definition) is 4. The first kappa shape index (κ1) is 16.3. The number of nitrogens with two attached hydrogens (primary N) is 1. The van der Waals surface area contributed by atoms with Gasteiger partial charge in [-0.15, -0.1) is 11.3 Å². The Balaban J connectivity index is 2.47. The zero-order valence-corrected chi connectivity index (χ0v) is 14.4. The van der Waals surface area contributed by atoms with Crippen LogP contribution in [0.3, 0.4) is 0 Å². The van der Waals surface area contributed by atoms with E-state index >= 15 is 0 Å². The highest BCUT2D eigenvalue weighted by Crippen LogP contribution is 2.32. The lowest BCUT2D eigenvalue weighted by atomic mass is 10.2. The van der Waals surface area contributed by atoms with Crippen molar-refractivity contribution in [2.45, 2.75) is 24.8 Å². The normalized spacial score (nSPS) is 13.6. The Kier molecular flexibility index (Phi) is 4.63. The molecule has 2 rings (SSSR count). The van der Waals surface area contributed by atoms with Gasteiger partial charge in [-0.25, -0.2) is 8.42 Å². The van der Waals surface area contributed by atoms with Gasteiger partial charge in [0.15, 0.2) is 0 Å². The van der Waals surface area contributed by atoms with Crippen molar-refractivity contribution < 1.29 is 8.42 Å². The minimum absolute atomic E-state index is 0.151. The average molecular weight is 345 g/mol. The molecule has 0 fully saturated rings. The molecular weight excluding hydrogens is 328 g/mol. The SMILES string of the molecule is Cc1c(N)cc(Cl)cc1S(=O)(=O)N(C)C(C)c1cccs1. The number of benzene rings is 1. The van der Waals surface area contributed by atoms with Gasteiger partial charge in [0, 0.05) is 22.6 Å². The summed E-state index contributed by atoms with van der Waals surface area (Å²) in [5, 5.41) is 2.24. The standard InChI is InChI=1S/C14H17ClN2O2S2/c1-9-12(16)7-11(15)8-14(9)21(18,19)17(3)10(2)13-5-4-6-20-13/h4-8,10H,16H2,1-3H3. The van der Waals surface area contributed by atoms with E-state index < -0.39 is 10.0 Å². The molecule has 0 spiro atoms. The molecule has 0 radical (unpaired) electrons. The molecule has 2 N–H and O–H groups in total. The maximum Gasteiger partial charge on any atom is 0.243 e. The van der Waals surface area contributed by atoms with Crippen molar-refractivity contribution in [3.63, 3.8) is 0 Å². The monoisotopic (exact) mass is 344 g/mol. The van der Waals surface area contributed by atoms with Crippen molar-refractivity contribution in [2.24, 2.45) is 0 Å². The zero-order chi connectivity index (χ0) is 15.8. The third-order valence-corrected chi connectivity index (χ3v) is 6.84. The van der Waals surface area contributed by atoms with Gasteiger partial charge < -0.3 is 5.73 Å². The molecular formula is C14H17ClN2O2S2. The molecule has 1 aromatic carbocycles. The number of anilines is 1. The molecule has 114 valence electrons. The van der Waals surface area contributed by atoms with E-state index in [1.54, 1.807) is 20.0 Å². The summed E-state index contributed by atoms with van der Waals surface area (Å²) in [5.41, 5.74) is 6.72. The van der Waals surface area contributed by atoms with E-state index in [0.29, 0.717) is 16.3 Å². The van der Waals surface area contributed by atoms with E-state index in [-0.39, 0.29) is 10.9 Å². The van der Waals surface area contributed by atoms with Crippen LogP contribution in [0.25, 0.3) is 0 Å². The van der Waals surface area contributed by atoms with Gasteiger partial charge in [0.2, 0.25) is 10.0 Å². The maximum atomic E-state index is 12.8. The smallest absolute Gasteiger partial charge is 0.243 e. The number of nitrogens with zero attached hydrogens (tertiary/aromatic N) is 1. The van der Waals surface area contributed by atoms with Gasteiger partial charge in [-0.05, 0) is 43.0 Å². The highest BCUT2D eigenvalue weighted by Gasteiger charge is 2.29. The van der Waals surface area contributed by atoms with E-state index in [9.17, 15) is 8.42 Å². The molecule has 0 amide bonds. The first-order chi connectivity index (χ1) is 9.75. The fourth-order valence-corrected chi connectivity index (χ4v) is 4.82. The number of rotatable bonds is 4. The van der Waals surface area contributed by atoms with E-state index in [1.807, 2.05) is 24.4 Å². The molecule has 4 nitrogen and oxygen atoms in total. The molecule has 7 heteroatoms. The van der Waals surface area contributed by atoms with E-state index in [1.165, 1.54) is 21.7 Å². The number of halogens is 1. The Hall–Kier alpha value is -1.08. The third-order valence-electron chi connectivity index (χ3n) is 3.52. The Morgan fingerprint density at radius 3 is 2.62 bits per heavy atom. The lowest BCUT2D eigenvalue weighted by Crippen LogP contribution is -2.30. The molecule has 1 heterocycles. The molecule has 0 aliphatic heterocycles. The van der Waals surface area contributed by atoms with Crippen LogP contribution in [0.1, 0.15) is 23.4 Å². The van der Waals surface area contributed by atoms with Gasteiger partial charge >= 0.3 is 0 Å². The molecule has 0 saturated carbocycles. The van der Waals surface area contributed by atoms with Gasteiger partial charge in [-0.1, -0.05) is 17.7 Å². The van der Waals surface area contributed by atoms with Crippen LogP contribution in [0.5, 0.6) is 0 Å². The van der Waals surface area contributed by atoms with Gasteiger partial charge in [0.05, 0.1) is 10.9 Å². The molecule has 0 aliphatic rings. The maximum absolute atomic E-state index is 12.8. The summed E-state index contributed by atoms with van der Waals surface area (Å²) in [7, 11) is -2.10. The Labute approximate surface area is 134 Å². The van der Waals surface area contributed by atoms with Gasteiger partial charge in [0.1, 0.15) is 0 Å². The van der Waals surface area contributed by atoms with E-state index in [2.05, 4.69) is 0 Å². The van der Waals surface area contributed by atoms with Gasteiger partial charge in [0.25, 0.3) is 0 Å². The summed E-state index contributed by atoms with van der Waals surface area (Å²) in [5.74, 6) is 0. The fraction of sp³-hybridized carbons (Fsp3) is 0.286. The second kappa shape index (κ2) is 5.96. The summed E-state index contributed by atoms with van der Waals surface area (Å²) < 4.78 is 27.0. The molecule has 0 saturated heterocycles. The van der Waals surface area contributed by atoms with Gasteiger partial charge in [-0.2, -0.15) is 4.31 Å². The molecule has 2 aromatic rings. The van der Waals surface area contributed by atoms with Crippen LogP contribution in [-0.2, 0) is 10.0 Å². The average Bonchev–Trinajstić information content (AvgIpc) is 2.94. The predicted molar refractivity (Wildman–Crippen MR) is 88.3 cm³/mol. The summed E-state index contributed by atoms with van der Waals surface area (Å²) in [6, 6.07) is 6.56. The Morgan fingerprint density at radius 1 is 1.38 bits per heavy atom. The van der Waals surface area contributed by atoms with Crippen LogP contribution < -0.4 is 5.73 Å². The van der Waals surface area contributed by atoms with Crippen molar-refractivity contribution in [3.8, 4) is 0 Å². The highest BCUT2D eigenvalue weighted by molar-refractivity contribution is 7.89. The van der Waals surface area contributed by atoms with Crippen molar-refractivity contribution in [3.05, 3.63) is 45.1 Å². The molecule has 1 atom stereocenters. The van der Waals surface area contributed by atoms with Crippen LogP contribution >= 0.6 is 22.9 Å². The van der Waals surface area contributed by atoms with Crippen molar-refractivity contribution in [1.82, 2.24) is 4.31 Å². The number of thiophene rings is 1. The van der Waals surface area contributed by atoms with E-state index in [4.69, 9.17) is 17.3 Å². The van der Waals surface area contributed by atoms with Crippen LogP contribution in [0.15, 0.2) is 34.5 Å². The first-order valence-corrected chi connectivity index (χ1v) is 9.02. The zero-order valence-electron chi connectivity index (χ0n) is 12.0. The van der Waals surface area contributed by atoms with Crippen LogP contribution in [-0.4, -0.2) is 19.8 Å². The van der Waals surface area contributed by atoms with E-state index in [0.717, 1.165) is 4.88 Å². The summed E-state index contributed by atoms with van der Waals surface area (Å²) in [6.07, 6.45) is 0. The molecule has 21 heavy (non-hydrogen) atoms. The van der Waals surface area contributed by atoms with Crippen LogP contribution in [0, 0.1) is 6.92 Å². The topological polar surface area (TPSA) is 63.4 Å². The first-order valence-electron chi connectivity index (χ1n) is 6.32. The molecule has 1 aromatic heterocycles. The summed E-state index contributed by atoms with van der Waals surface area (Å²) in [6.45, 7) is 3.54. The van der Waals surface area contributed by atoms with Crippen molar-refractivity contribution in [2.75, 3.05) is 12.8 Å². The predicted octanol–water partition coefficient (Wildman–Crippen LogP) is 3.67. The van der Waals surface area contributed by atoms with Crippen LogP contribution in [0.2, 0.25) is 5.02 Å². The third kappa shape index (κ3) is 3.08.